The summed E-state index contributed by atoms with van der Waals surface area (Å²) in [6, 6.07) is 0.676. The maximum Gasteiger partial charge on any atom is 0.0611 e. The second kappa shape index (κ2) is 5.25. The minimum absolute atomic E-state index is 0.244. The van der Waals surface area contributed by atoms with Crippen LogP contribution in [0.5, 0.6) is 0 Å². The Kier molecular flexibility index (Phi) is 4.11. The van der Waals surface area contributed by atoms with Gasteiger partial charge in [-0.3, -0.25) is 4.90 Å². The Morgan fingerprint density at radius 1 is 1.35 bits per heavy atom. The number of ether oxygens (including phenoxy) is 1. The SMILES string of the molecule is CCOC1CC(CN)(N2CCCC(C)C2C)C1. The number of rotatable bonds is 4. The Morgan fingerprint density at radius 2 is 2.06 bits per heavy atom. The van der Waals surface area contributed by atoms with Gasteiger partial charge in [-0.15, -0.1) is 0 Å². The molecule has 0 spiro atoms. The van der Waals surface area contributed by atoms with Gasteiger partial charge in [-0.1, -0.05) is 6.92 Å². The van der Waals surface area contributed by atoms with Crippen LogP contribution in [0.3, 0.4) is 0 Å². The Bertz CT molecular complexity index is 251. The van der Waals surface area contributed by atoms with Crippen LogP contribution in [0.25, 0.3) is 0 Å². The quantitative estimate of drug-likeness (QED) is 0.817. The molecule has 3 heteroatoms. The van der Waals surface area contributed by atoms with Gasteiger partial charge in [-0.2, -0.15) is 0 Å². The fourth-order valence-corrected chi connectivity index (χ4v) is 3.66. The van der Waals surface area contributed by atoms with Gasteiger partial charge in [-0.25, -0.2) is 0 Å². The molecule has 0 bridgehead atoms. The highest BCUT2D eigenvalue weighted by Crippen LogP contribution is 2.43. The van der Waals surface area contributed by atoms with Gasteiger partial charge in [0.1, 0.15) is 0 Å². The predicted octanol–water partition coefficient (Wildman–Crippen LogP) is 2.00. The van der Waals surface area contributed by atoms with E-state index < -0.39 is 0 Å². The summed E-state index contributed by atoms with van der Waals surface area (Å²) >= 11 is 0. The number of hydrogen-bond donors (Lipinski definition) is 1. The van der Waals surface area contributed by atoms with Crippen LogP contribution >= 0.6 is 0 Å². The molecular weight excluding hydrogens is 212 g/mol. The standard InChI is InChI=1S/C14H28N2O/c1-4-17-13-8-14(9-13,10-15)16-7-5-6-11(2)12(16)3/h11-13H,4-10,15H2,1-3H3. The molecule has 100 valence electrons. The van der Waals surface area contributed by atoms with Gasteiger partial charge in [0, 0.05) is 24.7 Å². The molecule has 2 rings (SSSR count). The second-order valence-corrected chi connectivity index (χ2v) is 5.97. The lowest BCUT2D eigenvalue weighted by molar-refractivity contribution is -0.125. The smallest absolute Gasteiger partial charge is 0.0611 e. The van der Waals surface area contributed by atoms with Gasteiger partial charge < -0.3 is 10.5 Å². The molecule has 2 N–H and O–H groups in total. The molecule has 0 aromatic carbocycles. The minimum Gasteiger partial charge on any atom is -0.378 e. The summed E-state index contributed by atoms with van der Waals surface area (Å²) in [6.45, 7) is 9.66. The summed E-state index contributed by atoms with van der Waals surface area (Å²) in [5.74, 6) is 0.804. The molecule has 1 saturated heterocycles. The average molecular weight is 240 g/mol. The number of nitrogens with two attached hydrogens (primary N) is 1. The van der Waals surface area contributed by atoms with Crippen molar-refractivity contribution in [3.8, 4) is 0 Å². The average Bonchev–Trinajstić information content (AvgIpc) is 2.27. The number of likely N-dealkylation sites (tertiary alicyclic amines) is 1. The van der Waals surface area contributed by atoms with Gasteiger partial charge >= 0.3 is 0 Å². The van der Waals surface area contributed by atoms with Gasteiger partial charge in [-0.05, 0) is 52.0 Å². The summed E-state index contributed by atoms with van der Waals surface area (Å²) in [6.07, 6.45) is 5.41. The summed E-state index contributed by atoms with van der Waals surface area (Å²) in [4.78, 5) is 2.68. The van der Waals surface area contributed by atoms with E-state index in [0.29, 0.717) is 12.1 Å². The second-order valence-electron chi connectivity index (χ2n) is 5.97. The first-order chi connectivity index (χ1) is 8.13. The topological polar surface area (TPSA) is 38.5 Å². The fourth-order valence-electron chi connectivity index (χ4n) is 3.66. The zero-order valence-corrected chi connectivity index (χ0v) is 11.6. The van der Waals surface area contributed by atoms with Crippen molar-refractivity contribution in [2.24, 2.45) is 11.7 Å². The summed E-state index contributed by atoms with van der Waals surface area (Å²) in [7, 11) is 0. The highest BCUT2D eigenvalue weighted by Gasteiger charge is 2.50. The van der Waals surface area contributed by atoms with Crippen LogP contribution in [0, 0.1) is 5.92 Å². The molecule has 1 aliphatic carbocycles. The van der Waals surface area contributed by atoms with Crippen LogP contribution in [-0.4, -0.2) is 42.3 Å². The first-order valence-electron chi connectivity index (χ1n) is 7.21. The molecule has 1 saturated carbocycles. The van der Waals surface area contributed by atoms with Crippen LogP contribution in [0.2, 0.25) is 0 Å². The van der Waals surface area contributed by atoms with Crippen molar-refractivity contribution in [3.05, 3.63) is 0 Å². The Balaban J connectivity index is 1.99. The zero-order valence-electron chi connectivity index (χ0n) is 11.6. The molecule has 0 aromatic heterocycles. The van der Waals surface area contributed by atoms with E-state index in [0.717, 1.165) is 31.9 Å². The molecular formula is C14H28N2O. The molecule has 1 heterocycles. The van der Waals surface area contributed by atoms with Crippen molar-refractivity contribution in [1.29, 1.82) is 0 Å². The predicted molar refractivity (Wildman–Crippen MR) is 71.0 cm³/mol. The van der Waals surface area contributed by atoms with Crippen LogP contribution in [0.15, 0.2) is 0 Å². The Hall–Kier alpha value is -0.120. The molecule has 2 fully saturated rings. The molecule has 0 aromatic rings. The van der Waals surface area contributed by atoms with E-state index in [-0.39, 0.29) is 5.54 Å². The van der Waals surface area contributed by atoms with E-state index in [4.69, 9.17) is 10.5 Å². The zero-order chi connectivity index (χ0) is 12.5. The molecule has 3 nitrogen and oxygen atoms in total. The monoisotopic (exact) mass is 240 g/mol. The molecule has 0 amide bonds. The van der Waals surface area contributed by atoms with E-state index in [2.05, 4.69) is 25.7 Å². The number of hydrogen-bond acceptors (Lipinski definition) is 3. The van der Waals surface area contributed by atoms with Crippen molar-refractivity contribution in [1.82, 2.24) is 4.90 Å². The van der Waals surface area contributed by atoms with Crippen molar-refractivity contribution in [2.45, 2.75) is 64.1 Å². The Morgan fingerprint density at radius 3 is 2.65 bits per heavy atom. The van der Waals surface area contributed by atoms with E-state index in [1.165, 1.54) is 19.4 Å². The summed E-state index contributed by atoms with van der Waals surface area (Å²) in [5, 5.41) is 0. The third-order valence-electron chi connectivity index (χ3n) is 4.98. The van der Waals surface area contributed by atoms with E-state index in [9.17, 15) is 0 Å². The van der Waals surface area contributed by atoms with Gasteiger partial charge in [0.05, 0.1) is 6.10 Å². The summed E-state index contributed by atoms with van der Waals surface area (Å²) in [5.41, 5.74) is 6.31. The molecule has 1 aliphatic heterocycles. The van der Waals surface area contributed by atoms with E-state index >= 15 is 0 Å². The van der Waals surface area contributed by atoms with Crippen molar-refractivity contribution < 1.29 is 4.74 Å². The third kappa shape index (κ3) is 2.38. The number of nitrogens with zero attached hydrogens (tertiary/aromatic N) is 1. The molecule has 0 radical (unpaired) electrons. The molecule has 2 unspecified atom stereocenters. The molecule has 17 heavy (non-hydrogen) atoms. The molecule has 2 aliphatic rings. The Labute approximate surface area is 106 Å². The number of piperidine rings is 1. The van der Waals surface area contributed by atoms with Crippen molar-refractivity contribution in [2.75, 3.05) is 19.7 Å². The maximum absolute atomic E-state index is 6.07. The first-order valence-corrected chi connectivity index (χ1v) is 7.21. The van der Waals surface area contributed by atoms with Crippen LogP contribution in [0.1, 0.15) is 46.5 Å². The summed E-state index contributed by atoms with van der Waals surface area (Å²) < 4.78 is 5.71. The van der Waals surface area contributed by atoms with Crippen molar-refractivity contribution >= 4 is 0 Å². The first kappa shape index (κ1) is 13.3. The lowest BCUT2D eigenvalue weighted by Crippen LogP contribution is -2.67. The van der Waals surface area contributed by atoms with E-state index in [1.54, 1.807) is 0 Å². The maximum atomic E-state index is 6.07. The highest BCUT2D eigenvalue weighted by molar-refractivity contribution is 5.07. The normalized spacial score (nSPS) is 43.4. The van der Waals surface area contributed by atoms with E-state index in [1.807, 2.05) is 0 Å². The van der Waals surface area contributed by atoms with Gasteiger partial charge in [0.15, 0.2) is 0 Å². The van der Waals surface area contributed by atoms with Crippen LogP contribution < -0.4 is 5.73 Å². The lowest BCUT2D eigenvalue weighted by Gasteiger charge is -2.58. The largest absolute Gasteiger partial charge is 0.378 e. The van der Waals surface area contributed by atoms with Crippen molar-refractivity contribution in [3.63, 3.8) is 0 Å². The highest BCUT2D eigenvalue weighted by atomic mass is 16.5. The van der Waals surface area contributed by atoms with Crippen LogP contribution in [-0.2, 0) is 4.74 Å². The third-order valence-corrected chi connectivity index (χ3v) is 4.98. The molecule has 2 atom stereocenters. The minimum atomic E-state index is 0.244. The lowest BCUT2D eigenvalue weighted by atomic mass is 9.70. The van der Waals surface area contributed by atoms with Gasteiger partial charge in [0.2, 0.25) is 0 Å². The van der Waals surface area contributed by atoms with Crippen LogP contribution in [0.4, 0.5) is 0 Å². The fraction of sp³-hybridized carbons (Fsp3) is 1.00. The van der Waals surface area contributed by atoms with Gasteiger partial charge in [0.25, 0.3) is 0 Å².